The van der Waals surface area contributed by atoms with Gasteiger partial charge in [-0.2, -0.15) is 0 Å². The number of hydrogen-bond donors (Lipinski definition) is 0. The van der Waals surface area contributed by atoms with Crippen LogP contribution in [0.25, 0.3) is 0 Å². The van der Waals surface area contributed by atoms with Gasteiger partial charge in [0.1, 0.15) is 11.2 Å². The molecular weight excluding hydrogens is 318 g/mol. The largest absolute Gasteiger partial charge is 0.299 e. The Bertz CT molecular complexity index is 853. The average Bonchev–Trinajstić information content (AvgIpc) is 2.86. The zero-order valence-corrected chi connectivity index (χ0v) is 14.0. The van der Waals surface area contributed by atoms with Gasteiger partial charge in [0.05, 0.1) is 11.1 Å². The molecule has 3 rings (SSSR count). The van der Waals surface area contributed by atoms with E-state index in [4.69, 9.17) is 0 Å². The van der Waals surface area contributed by atoms with Crippen LogP contribution < -0.4 is 0 Å². The highest BCUT2D eigenvalue weighted by Crippen LogP contribution is 2.30. The third-order valence-corrected chi connectivity index (χ3v) is 4.67. The summed E-state index contributed by atoms with van der Waals surface area (Å²) < 4.78 is 0. The topological polar surface area (TPSA) is 71.5 Å². The fourth-order valence-electron chi connectivity index (χ4n) is 2.95. The van der Waals surface area contributed by atoms with Gasteiger partial charge in [0, 0.05) is 12.1 Å². The first-order valence-corrected chi connectivity index (χ1v) is 7.92. The van der Waals surface area contributed by atoms with Gasteiger partial charge in [-0.05, 0) is 26.0 Å². The van der Waals surface area contributed by atoms with E-state index < -0.39 is 28.8 Å². The maximum atomic E-state index is 12.9. The van der Waals surface area contributed by atoms with Gasteiger partial charge in [-0.3, -0.25) is 24.1 Å². The number of carbonyl (C=O) groups is 4. The van der Waals surface area contributed by atoms with Crippen LogP contribution in [0.3, 0.4) is 0 Å². The van der Waals surface area contributed by atoms with Gasteiger partial charge in [-0.25, -0.2) is 0 Å². The highest BCUT2D eigenvalue weighted by atomic mass is 16.2. The fourth-order valence-corrected chi connectivity index (χ4v) is 2.95. The molecule has 0 N–H and O–H groups in total. The Balaban J connectivity index is 1.96. The number of ketones is 2. The Morgan fingerprint density at radius 1 is 0.880 bits per heavy atom. The molecule has 25 heavy (non-hydrogen) atoms. The van der Waals surface area contributed by atoms with Crippen molar-refractivity contribution < 1.29 is 19.2 Å². The smallest absolute Gasteiger partial charge is 0.261 e. The molecule has 5 heteroatoms. The fraction of sp³-hybridized carbons (Fsp3) is 0.200. The van der Waals surface area contributed by atoms with Gasteiger partial charge in [-0.1, -0.05) is 42.5 Å². The summed E-state index contributed by atoms with van der Waals surface area (Å²) in [7, 11) is 0. The van der Waals surface area contributed by atoms with E-state index in [0.717, 1.165) is 4.90 Å². The standard InChI is InChI=1S/C20H17NO4/c1-13(22)20(2,17(23)14-8-4-3-5-9-14)12-21-18(24)15-10-6-7-11-16(15)19(21)25/h3-11H,12H2,1-2H3. The van der Waals surface area contributed by atoms with Crippen molar-refractivity contribution in [3.05, 3.63) is 71.3 Å². The highest BCUT2D eigenvalue weighted by Gasteiger charge is 2.45. The number of nitrogens with zero attached hydrogens (tertiary/aromatic N) is 1. The van der Waals surface area contributed by atoms with Crippen molar-refractivity contribution in [2.75, 3.05) is 6.54 Å². The minimum Gasteiger partial charge on any atom is -0.299 e. The first-order chi connectivity index (χ1) is 11.9. The van der Waals surface area contributed by atoms with Crippen LogP contribution in [-0.2, 0) is 4.79 Å². The molecule has 1 heterocycles. The van der Waals surface area contributed by atoms with Crippen LogP contribution in [0.1, 0.15) is 44.9 Å². The summed E-state index contributed by atoms with van der Waals surface area (Å²) in [6.45, 7) is 2.51. The number of carbonyl (C=O) groups excluding carboxylic acids is 4. The summed E-state index contributed by atoms with van der Waals surface area (Å²) in [6, 6.07) is 14.9. The second kappa shape index (κ2) is 6.09. The summed E-state index contributed by atoms with van der Waals surface area (Å²) in [5.74, 6) is -1.75. The van der Waals surface area contributed by atoms with Gasteiger partial charge < -0.3 is 0 Å². The number of imide groups is 1. The molecule has 0 bridgehead atoms. The van der Waals surface area contributed by atoms with Crippen molar-refractivity contribution in [1.82, 2.24) is 4.90 Å². The number of benzene rings is 2. The molecule has 1 atom stereocenters. The van der Waals surface area contributed by atoms with Crippen molar-refractivity contribution in [2.24, 2.45) is 5.41 Å². The van der Waals surface area contributed by atoms with Gasteiger partial charge in [0.2, 0.25) is 0 Å². The number of hydrogen-bond acceptors (Lipinski definition) is 4. The molecule has 2 aromatic carbocycles. The maximum Gasteiger partial charge on any atom is 0.261 e. The van der Waals surface area contributed by atoms with Crippen molar-refractivity contribution >= 4 is 23.4 Å². The lowest BCUT2D eigenvalue weighted by Gasteiger charge is -2.29. The van der Waals surface area contributed by atoms with E-state index in [1.807, 2.05) is 0 Å². The SMILES string of the molecule is CC(=O)C(C)(CN1C(=O)c2ccccc2C1=O)C(=O)c1ccccc1. The molecule has 2 amide bonds. The van der Waals surface area contributed by atoms with Gasteiger partial charge in [0.25, 0.3) is 11.8 Å². The Morgan fingerprint density at radius 3 is 1.84 bits per heavy atom. The number of Topliss-reactive ketones (excluding diaryl/α,β-unsaturated/α-hetero) is 2. The highest BCUT2D eigenvalue weighted by molar-refractivity contribution is 6.22. The molecule has 2 aromatic rings. The first-order valence-electron chi connectivity index (χ1n) is 7.92. The summed E-state index contributed by atoms with van der Waals surface area (Å²) in [5, 5.41) is 0. The minimum atomic E-state index is -1.49. The van der Waals surface area contributed by atoms with E-state index >= 15 is 0 Å². The zero-order chi connectivity index (χ0) is 18.2. The third kappa shape index (κ3) is 2.67. The molecule has 5 nitrogen and oxygen atoms in total. The normalized spacial score (nSPS) is 15.7. The predicted molar refractivity (Wildman–Crippen MR) is 91.4 cm³/mol. The monoisotopic (exact) mass is 335 g/mol. The Morgan fingerprint density at radius 2 is 1.36 bits per heavy atom. The average molecular weight is 335 g/mol. The van der Waals surface area contributed by atoms with Crippen molar-refractivity contribution in [1.29, 1.82) is 0 Å². The van der Waals surface area contributed by atoms with Gasteiger partial charge in [-0.15, -0.1) is 0 Å². The molecule has 1 aliphatic heterocycles. The molecule has 0 aliphatic carbocycles. The summed E-state index contributed by atoms with van der Waals surface area (Å²) in [5.41, 5.74) is -0.526. The number of fused-ring (bicyclic) bond motifs is 1. The van der Waals surface area contributed by atoms with E-state index in [9.17, 15) is 19.2 Å². The van der Waals surface area contributed by atoms with Crippen molar-refractivity contribution in [3.8, 4) is 0 Å². The number of amides is 2. The van der Waals surface area contributed by atoms with E-state index in [1.165, 1.54) is 13.8 Å². The summed E-state index contributed by atoms with van der Waals surface area (Å²) in [6.07, 6.45) is 0. The Kier molecular flexibility index (Phi) is 4.08. The molecule has 0 spiro atoms. The lowest BCUT2D eigenvalue weighted by Crippen LogP contribution is -2.47. The minimum absolute atomic E-state index is 0.275. The van der Waals surface area contributed by atoms with Crippen LogP contribution in [0.4, 0.5) is 0 Å². The molecule has 0 aromatic heterocycles. The van der Waals surface area contributed by atoms with Crippen LogP contribution >= 0.6 is 0 Å². The molecule has 1 unspecified atom stereocenters. The Hall–Kier alpha value is -3.08. The van der Waals surface area contributed by atoms with Crippen molar-refractivity contribution in [3.63, 3.8) is 0 Å². The molecule has 0 radical (unpaired) electrons. The third-order valence-electron chi connectivity index (χ3n) is 4.67. The van der Waals surface area contributed by atoms with Crippen LogP contribution in [0.15, 0.2) is 54.6 Å². The van der Waals surface area contributed by atoms with Crippen LogP contribution in [0.2, 0.25) is 0 Å². The van der Waals surface area contributed by atoms with E-state index in [0.29, 0.717) is 16.7 Å². The first kappa shape index (κ1) is 16.8. The van der Waals surface area contributed by atoms with Crippen LogP contribution in [0, 0.1) is 5.41 Å². The second-order valence-electron chi connectivity index (χ2n) is 6.33. The second-order valence-corrected chi connectivity index (χ2v) is 6.33. The number of rotatable bonds is 5. The molecule has 1 aliphatic rings. The quantitative estimate of drug-likeness (QED) is 0.478. The van der Waals surface area contributed by atoms with Gasteiger partial charge in [0.15, 0.2) is 5.78 Å². The Labute approximate surface area is 145 Å². The summed E-state index contributed by atoms with van der Waals surface area (Å²) in [4.78, 5) is 51.3. The molecule has 0 fully saturated rings. The van der Waals surface area contributed by atoms with E-state index in [2.05, 4.69) is 0 Å². The van der Waals surface area contributed by atoms with Crippen molar-refractivity contribution in [2.45, 2.75) is 13.8 Å². The van der Waals surface area contributed by atoms with E-state index in [-0.39, 0.29) is 6.54 Å². The lowest BCUT2D eigenvalue weighted by molar-refractivity contribution is -0.123. The van der Waals surface area contributed by atoms with Gasteiger partial charge >= 0.3 is 0 Å². The molecule has 126 valence electrons. The summed E-state index contributed by atoms with van der Waals surface area (Å²) >= 11 is 0. The van der Waals surface area contributed by atoms with Crippen LogP contribution in [-0.4, -0.2) is 34.8 Å². The molecule has 0 saturated carbocycles. The molecular formula is C20H17NO4. The predicted octanol–water partition coefficient (Wildman–Crippen LogP) is 2.76. The zero-order valence-electron chi connectivity index (χ0n) is 14.0. The van der Waals surface area contributed by atoms with E-state index in [1.54, 1.807) is 54.6 Å². The maximum absolute atomic E-state index is 12.9. The lowest BCUT2D eigenvalue weighted by atomic mass is 9.78. The molecule has 0 saturated heterocycles. The van der Waals surface area contributed by atoms with Crippen LogP contribution in [0.5, 0.6) is 0 Å².